The number of imidazole rings is 1. The number of rotatable bonds is 4. The average Bonchev–Trinajstić information content (AvgIpc) is 2.90. The molecule has 7 heteroatoms. The van der Waals surface area contributed by atoms with Gasteiger partial charge in [0.1, 0.15) is 5.65 Å². The van der Waals surface area contributed by atoms with E-state index in [0.29, 0.717) is 5.69 Å². The van der Waals surface area contributed by atoms with Crippen LogP contribution in [-0.4, -0.2) is 17.8 Å². The number of fused-ring (bicyclic) bond motifs is 1. The maximum atomic E-state index is 12.2. The van der Waals surface area contributed by atoms with Gasteiger partial charge < -0.3 is 4.40 Å². The van der Waals surface area contributed by atoms with Crippen LogP contribution >= 0.6 is 15.9 Å². The van der Waals surface area contributed by atoms with Gasteiger partial charge in [0.25, 0.3) is 0 Å². The van der Waals surface area contributed by atoms with Gasteiger partial charge in [0, 0.05) is 16.9 Å². The van der Waals surface area contributed by atoms with E-state index < -0.39 is 10.0 Å². The van der Waals surface area contributed by atoms with Gasteiger partial charge in [0.05, 0.1) is 17.1 Å². The van der Waals surface area contributed by atoms with E-state index in [1.54, 1.807) is 24.3 Å². The van der Waals surface area contributed by atoms with Crippen molar-refractivity contribution in [3.63, 3.8) is 0 Å². The number of aromatic nitrogens is 2. The Hall–Kier alpha value is -1.70. The smallest absolute Gasteiger partial charge is 0.240 e. The molecule has 0 spiro atoms. The molecule has 22 heavy (non-hydrogen) atoms. The highest BCUT2D eigenvalue weighted by atomic mass is 79.9. The minimum atomic E-state index is -3.54. The second-order valence-electron chi connectivity index (χ2n) is 4.93. The van der Waals surface area contributed by atoms with Gasteiger partial charge in [-0.3, -0.25) is 0 Å². The van der Waals surface area contributed by atoms with Crippen LogP contribution in [0.25, 0.3) is 5.65 Å². The fourth-order valence-electron chi connectivity index (χ4n) is 2.16. The number of aryl methyl sites for hydroxylation is 1. The second kappa shape index (κ2) is 5.83. The molecule has 1 N–H and O–H groups in total. The predicted octanol–water partition coefficient (Wildman–Crippen LogP) is 2.88. The summed E-state index contributed by atoms with van der Waals surface area (Å²) >= 11 is 3.29. The first-order chi connectivity index (χ1) is 10.5. The van der Waals surface area contributed by atoms with Crippen LogP contribution in [0.4, 0.5) is 0 Å². The Kier molecular flexibility index (Phi) is 4.03. The van der Waals surface area contributed by atoms with Crippen molar-refractivity contribution in [1.29, 1.82) is 0 Å². The highest BCUT2D eigenvalue weighted by molar-refractivity contribution is 9.10. The van der Waals surface area contributed by atoms with Crippen molar-refractivity contribution >= 4 is 31.6 Å². The van der Waals surface area contributed by atoms with Crippen LogP contribution in [0.3, 0.4) is 0 Å². The fraction of sp³-hybridized carbons (Fsp3) is 0.133. The van der Waals surface area contributed by atoms with Gasteiger partial charge in [-0.05, 0) is 42.8 Å². The lowest BCUT2D eigenvalue weighted by Crippen LogP contribution is -2.23. The lowest BCUT2D eigenvalue weighted by Gasteiger charge is -2.05. The molecule has 0 saturated heterocycles. The Balaban J connectivity index is 1.81. The molecule has 0 aliphatic rings. The average molecular weight is 380 g/mol. The van der Waals surface area contributed by atoms with Crippen LogP contribution in [0.15, 0.2) is 58.2 Å². The predicted molar refractivity (Wildman–Crippen MR) is 88.1 cm³/mol. The van der Waals surface area contributed by atoms with Crippen molar-refractivity contribution in [2.75, 3.05) is 0 Å². The molecule has 0 bridgehead atoms. The number of sulfonamides is 1. The van der Waals surface area contributed by atoms with Gasteiger partial charge in [0.2, 0.25) is 10.0 Å². The molecule has 2 aromatic heterocycles. The first kappa shape index (κ1) is 15.2. The first-order valence-electron chi connectivity index (χ1n) is 6.64. The molecule has 0 atom stereocenters. The van der Waals surface area contributed by atoms with Crippen LogP contribution < -0.4 is 4.72 Å². The zero-order valence-electron chi connectivity index (χ0n) is 11.8. The summed E-state index contributed by atoms with van der Waals surface area (Å²) in [4.78, 5) is 4.68. The van der Waals surface area contributed by atoms with Gasteiger partial charge in [-0.2, -0.15) is 0 Å². The number of hydrogen-bond acceptors (Lipinski definition) is 3. The van der Waals surface area contributed by atoms with E-state index >= 15 is 0 Å². The van der Waals surface area contributed by atoms with Gasteiger partial charge in [-0.25, -0.2) is 18.1 Å². The van der Waals surface area contributed by atoms with E-state index in [1.807, 2.05) is 35.9 Å². The summed E-state index contributed by atoms with van der Waals surface area (Å²) in [6.45, 7) is 2.12. The van der Waals surface area contributed by atoms with E-state index in [1.165, 1.54) is 0 Å². The molecule has 0 radical (unpaired) electrons. The summed E-state index contributed by atoms with van der Waals surface area (Å²) in [5, 5.41) is 0. The summed E-state index contributed by atoms with van der Waals surface area (Å²) < 4.78 is 29.8. The summed E-state index contributed by atoms with van der Waals surface area (Å²) in [5.41, 5.74) is 2.56. The van der Waals surface area contributed by atoms with Crippen LogP contribution in [0.5, 0.6) is 0 Å². The van der Waals surface area contributed by atoms with E-state index in [9.17, 15) is 8.42 Å². The zero-order chi connectivity index (χ0) is 15.7. The molecule has 114 valence electrons. The normalized spacial score (nSPS) is 11.9. The van der Waals surface area contributed by atoms with E-state index in [0.717, 1.165) is 15.7 Å². The first-order valence-corrected chi connectivity index (χ1v) is 8.92. The maximum absolute atomic E-state index is 12.2. The van der Waals surface area contributed by atoms with Crippen LogP contribution in [-0.2, 0) is 16.6 Å². The maximum Gasteiger partial charge on any atom is 0.240 e. The van der Waals surface area contributed by atoms with E-state index in [-0.39, 0.29) is 11.4 Å². The fourth-order valence-corrected chi connectivity index (χ4v) is 3.42. The number of nitrogens with zero attached hydrogens (tertiary/aromatic N) is 2. The topological polar surface area (TPSA) is 63.5 Å². The molecule has 1 aromatic carbocycles. The van der Waals surface area contributed by atoms with Crippen molar-refractivity contribution in [3.05, 3.63) is 64.5 Å². The molecule has 5 nitrogen and oxygen atoms in total. The SMILES string of the molecule is Cc1cccn2cc(CNS(=O)(=O)c3ccc(Br)cc3)nc12. The Morgan fingerprint density at radius 2 is 1.95 bits per heavy atom. The quantitative estimate of drug-likeness (QED) is 0.757. The summed E-state index contributed by atoms with van der Waals surface area (Å²) in [6.07, 6.45) is 3.72. The molecule has 3 rings (SSSR count). The van der Waals surface area contributed by atoms with Crippen molar-refractivity contribution in [2.24, 2.45) is 0 Å². The molecule has 2 heterocycles. The molecular weight excluding hydrogens is 366 g/mol. The lowest BCUT2D eigenvalue weighted by molar-refractivity contribution is 0.580. The van der Waals surface area contributed by atoms with E-state index in [4.69, 9.17) is 0 Å². The third kappa shape index (κ3) is 3.06. The minimum Gasteiger partial charge on any atom is -0.307 e. The third-order valence-electron chi connectivity index (χ3n) is 3.30. The minimum absolute atomic E-state index is 0.152. The lowest BCUT2D eigenvalue weighted by atomic mass is 10.3. The molecule has 0 amide bonds. The molecule has 0 unspecified atom stereocenters. The van der Waals surface area contributed by atoms with E-state index in [2.05, 4.69) is 25.6 Å². The van der Waals surface area contributed by atoms with Crippen LogP contribution in [0, 0.1) is 6.92 Å². The zero-order valence-corrected chi connectivity index (χ0v) is 14.2. The number of pyridine rings is 1. The monoisotopic (exact) mass is 379 g/mol. The molecule has 0 aliphatic carbocycles. The molecule has 0 fully saturated rings. The number of halogens is 1. The van der Waals surface area contributed by atoms with Gasteiger partial charge in [-0.1, -0.05) is 22.0 Å². The number of hydrogen-bond donors (Lipinski definition) is 1. The van der Waals surface area contributed by atoms with Crippen LogP contribution in [0.2, 0.25) is 0 Å². The standard InChI is InChI=1S/C15H14BrN3O2S/c1-11-3-2-8-19-10-13(18-15(11)19)9-17-22(20,21)14-6-4-12(16)5-7-14/h2-8,10,17H,9H2,1H3. The Labute approximate surface area is 137 Å². The second-order valence-corrected chi connectivity index (χ2v) is 7.62. The highest BCUT2D eigenvalue weighted by Crippen LogP contribution is 2.15. The summed E-state index contributed by atoms with van der Waals surface area (Å²) in [6, 6.07) is 10.4. The Morgan fingerprint density at radius 3 is 2.64 bits per heavy atom. The summed E-state index contributed by atoms with van der Waals surface area (Å²) in [7, 11) is -3.54. The molecule has 0 saturated carbocycles. The highest BCUT2D eigenvalue weighted by Gasteiger charge is 2.14. The van der Waals surface area contributed by atoms with Gasteiger partial charge >= 0.3 is 0 Å². The Bertz CT molecular complexity index is 918. The van der Waals surface area contributed by atoms with Crippen molar-refractivity contribution in [1.82, 2.24) is 14.1 Å². The summed E-state index contributed by atoms with van der Waals surface area (Å²) in [5.74, 6) is 0. The van der Waals surface area contributed by atoms with Crippen molar-refractivity contribution < 1.29 is 8.42 Å². The van der Waals surface area contributed by atoms with Crippen molar-refractivity contribution in [2.45, 2.75) is 18.4 Å². The third-order valence-corrected chi connectivity index (χ3v) is 5.24. The molecule has 0 aliphatic heterocycles. The van der Waals surface area contributed by atoms with Gasteiger partial charge in [0.15, 0.2) is 0 Å². The number of benzene rings is 1. The number of nitrogens with one attached hydrogen (secondary N) is 1. The molecule has 3 aromatic rings. The largest absolute Gasteiger partial charge is 0.307 e. The van der Waals surface area contributed by atoms with Crippen molar-refractivity contribution in [3.8, 4) is 0 Å². The Morgan fingerprint density at radius 1 is 1.23 bits per heavy atom. The van der Waals surface area contributed by atoms with Gasteiger partial charge in [-0.15, -0.1) is 0 Å². The molecular formula is C15H14BrN3O2S. The van der Waals surface area contributed by atoms with Crippen LogP contribution in [0.1, 0.15) is 11.3 Å².